The zero-order valence-corrected chi connectivity index (χ0v) is 7.77. The number of nitrogens with two attached hydrogens (primary N) is 1. The Labute approximate surface area is 81.6 Å². The number of carbonyl (C=O) groups is 1. The van der Waals surface area contributed by atoms with E-state index in [4.69, 9.17) is 5.73 Å². The number of hydrogen-bond acceptors (Lipinski definition) is 4. The Balaban J connectivity index is 1.92. The third-order valence-corrected chi connectivity index (χ3v) is 2.43. The van der Waals surface area contributed by atoms with Gasteiger partial charge in [0.25, 0.3) is 5.91 Å². The molecule has 0 aliphatic heterocycles. The summed E-state index contributed by atoms with van der Waals surface area (Å²) >= 11 is 0. The predicted octanol–water partition coefficient (Wildman–Crippen LogP) is 0.142. The molecule has 3 N–H and O–H groups in total. The molecular formula is C9H13N3O2. The zero-order chi connectivity index (χ0) is 9.97. The minimum absolute atomic E-state index is 0.0826. The van der Waals surface area contributed by atoms with Crippen LogP contribution in [0.1, 0.15) is 23.3 Å². The summed E-state index contributed by atoms with van der Waals surface area (Å²) in [6.07, 6.45) is 3.69. The van der Waals surface area contributed by atoms with Crippen LogP contribution in [0.5, 0.6) is 0 Å². The van der Waals surface area contributed by atoms with Gasteiger partial charge >= 0.3 is 0 Å². The highest BCUT2D eigenvalue weighted by atomic mass is 16.5. The monoisotopic (exact) mass is 195 g/mol. The zero-order valence-electron chi connectivity index (χ0n) is 7.77. The van der Waals surface area contributed by atoms with Gasteiger partial charge < -0.3 is 15.6 Å². The number of rotatable bonds is 4. The molecule has 1 fully saturated rings. The van der Waals surface area contributed by atoms with Crippen molar-refractivity contribution in [2.45, 2.75) is 18.9 Å². The predicted molar refractivity (Wildman–Crippen MR) is 49.5 cm³/mol. The highest BCUT2D eigenvalue weighted by molar-refractivity contribution is 5.92. The molecule has 1 aliphatic carbocycles. The number of nitrogens with one attached hydrogen (secondary N) is 1. The highest BCUT2D eigenvalue weighted by Crippen LogP contribution is 2.32. The minimum Gasteiger partial charge on any atom is -0.364 e. The Hall–Kier alpha value is -1.36. The van der Waals surface area contributed by atoms with Crippen molar-refractivity contribution in [2.75, 3.05) is 6.54 Å². The van der Waals surface area contributed by atoms with Crippen LogP contribution in [0.4, 0.5) is 0 Å². The normalized spacial score (nSPS) is 17.8. The van der Waals surface area contributed by atoms with Crippen LogP contribution in [0.3, 0.4) is 0 Å². The minimum atomic E-state index is -0.207. The van der Waals surface area contributed by atoms with Gasteiger partial charge in [0.05, 0.1) is 0 Å². The molecule has 1 atom stereocenters. The molecule has 1 heterocycles. The summed E-state index contributed by atoms with van der Waals surface area (Å²) in [5.74, 6) is 0.344. The summed E-state index contributed by atoms with van der Waals surface area (Å²) in [6.45, 7) is 0.480. The molecule has 5 heteroatoms. The van der Waals surface area contributed by atoms with E-state index in [-0.39, 0.29) is 11.9 Å². The van der Waals surface area contributed by atoms with Crippen molar-refractivity contribution in [2.24, 2.45) is 11.7 Å². The number of aromatic nitrogens is 1. The van der Waals surface area contributed by atoms with E-state index in [9.17, 15) is 4.79 Å². The molecule has 0 aromatic carbocycles. The fourth-order valence-electron chi connectivity index (χ4n) is 1.44. The molecular weight excluding hydrogens is 182 g/mol. The Morgan fingerprint density at radius 1 is 1.79 bits per heavy atom. The lowest BCUT2D eigenvalue weighted by atomic mass is 10.2. The average molecular weight is 195 g/mol. The molecule has 1 saturated carbocycles. The van der Waals surface area contributed by atoms with E-state index >= 15 is 0 Å². The SMILES string of the molecule is NCC(NC(=O)c1ccon1)C1CC1. The third-order valence-electron chi connectivity index (χ3n) is 2.43. The van der Waals surface area contributed by atoms with Crippen LogP contribution in [-0.4, -0.2) is 23.7 Å². The summed E-state index contributed by atoms with van der Waals surface area (Å²) in [4.78, 5) is 11.5. The van der Waals surface area contributed by atoms with Crippen molar-refractivity contribution in [3.63, 3.8) is 0 Å². The van der Waals surface area contributed by atoms with Gasteiger partial charge in [0.1, 0.15) is 6.26 Å². The fourth-order valence-corrected chi connectivity index (χ4v) is 1.44. The molecule has 76 valence electrons. The molecule has 0 spiro atoms. The van der Waals surface area contributed by atoms with E-state index in [1.807, 2.05) is 0 Å². The average Bonchev–Trinajstić information content (AvgIpc) is 2.88. The first-order chi connectivity index (χ1) is 6.81. The molecule has 5 nitrogen and oxygen atoms in total. The van der Waals surface area contributed by atoms with Crippen molar-refractivity contribution in [3.8, 4) is 0 Å². The van der Waals surface area contributed by atoms with Gasteiger partial charge in [0, 0.05) is 18.7 Å². The molecule has 0 radical (unpaired) electrons. The van der Waals surface area contributed by atoms with E-state index in [0.717, 1.165) is 12.8 Å². The van der Waals surface area contributed by atoms with E-state index in [1.54, 1.807) is 0 Å². The van der Waals surface area contributed by atoms with E-state index in [1.165, 1.54) is 12.3 Å². The lowest BCUT2D eigenvalue weighted by Gasteiger charge is -2.14. The summed E-state index contributed by atoms with van der Waals surface area (Å²) in [5.41, 5.74) is 5.87. The van der Waals surface area contributed by atoms with Crippen molar-refractivity contribution in [1.29, 1.82) is 0 Å². The van der Waals surface area contributed by atoms with Gasteiger partial charge in [0.2, 0.25) is 0 Å². The largest absolute Gasteiger partial charge is 0.364 e. The van der Waals surface area contributed by atoms with E-state index < -0.39 is 0 Å². The maximum absolute atomic E-state index is 11.5. The van der Waals surface area contributed by atoms with Crippen LogP contribution >= 0.6 is 0 Å². The first-order valence-corrected chi connectivity index (χ1v) is 4.72. The quantitative estimate of drug-likeness (QED) is 0.716. The van der Waals surface area contributed by atoms with Crippen LogP contribution in [0.25, 0.3) is 0 Å². The van der Waals surface area contributed by atoms with Gasteiger partial charge in [-0.1, -0.05) is 5.16 Å². The molecule has 1 aromatic rings. The highest BCUT2D eigenvalue weighted by Gasteiger charge is 2.31. The maximum atomic E-state index is 11.5. The Bertz CT molecular complexity index is 306. The topological polar surface area (TPSA) is 81.1 Å². The first-order valence-electron chi connectivity index (χ1n) is 4.72. The van der Waals surface area contributed by atoms with Crippen molar-refractivity contribution < 1.29 is 9.32 Å². The summed E-state index contributed by atoms with van der Waals surface area (Å²) < 4.78 is 4.58. The molecule has 1 unspecified atom stereocenters. The lowest BCUT2D eigenvalue weighted by molar-refractivity contribution is 0.0924. The number of hydrogen-bond donors (Lipinski definition) is 2. The Kier molecular flexibility index (Phi) is 2.49. The van der Waals surface area contributed by atoms with Crippen LogP contribution in [-0.2, 0) is 0 Å². The molecule has 1 amide bonds. The van der Waals surface area contributed by atoms with Gasteiger partial charge in [-0.05, 0) is 18.8 Å². The van der Waals surface area contributed by atoms with Gasteiger partial charge in [-0.15, -0.1) is 0 Å². The third kappa shape index (κ3) is 1.93. The second kappa shape index (κ2) is 3.79. The van der Waals surface area contributed by atoms with Crippen LogP contribution < -0.4 is 11.1 Å². The van der Waals surface area contributed by atoms with E-state index in [0.29, 0.717) is 18.2 Å². The molecule has 14 heavy (non-hydrogen) atoms. The summed E-state index contributed by atoms with van der Waals surface area (Å²) in [6, 6.07) is 1.62. The van der Waals surface area contributed by atoms with E-state index in [2.05, 4.69) is 15.0 Å². The number of amides is 1. The second-order valence-corrected chi connectivity index (χ2v) is 3.54. The van der Waals surface area contributed by atoms with Crippen molar-refractivity contribution in [1.82, 2.24) is 10.5 Å². The smallest absolute Gasteiger partial charge is 0.273 e. The summed E-state index contributed by atoms with van der Waals surface area (Å²) in [5, 5.41) is 6.40. The lowest BCUT2D eigenvalue weighted by Crippen LogP contribution is -2.41. The number of carbonyl (C=O) groups excluding carboxylic acids is 1. The van der Waals surface area contributed by atoms with Crippen molar-refractivity contribution in [3.05, 3.63) is 18.0 Å². The van der Waals surface area contributed by atoms with Gasteiger partial charge in [-0.3, -0.25) is 4.79 Å². The summed E-state index contributed by atoms with van der Waals surface area (Å²) in [7, 11) is 0. The Morgan fingerprint density at radius 3 is 3.07 bits per heavy atom. The number of nitrogens with zero attached hydrogens (tertiary/aromatic N) is 1. The van der Waals surface area contributed by atoms with Crippen molar-refractivity contribution >= 4 is 5.91 Å². The van der Waals surface area contributed by atoms with Gasteiger partial charge in [-0.25, -0.2) is 0 Å². The molecule has 1 aromatic heterocycles. The van der Waals surface area contributed by atoms with Gasteiger partial charge in [-0.2, -0.15) is 0 Å². The van der Waals surface area contributed by atoms with Gasteiger partial charge in [0.15, 0.2) is 5.69 Å². The van der Waals surface area contributed by atoms with Crippen LogP contribution in [0.2, 0.25) is 0 Å². The fraction of sp³-hybridized carbons (Fsp3) is 0.556. The van der Waals surface area contributed by atoms with Crippen LogP contribution in [0.15, 0.2) is 16.9 Å². The molecule has 0 bridgehead atoms. The Morgan fingerprint density at radius 2 is 2.57 bits per heavy atom. The molecule has 1 aliphatic rings. The first kappa shape index (κ1) is 9.21. The maximum Gasteiger partial charge on any atom is 0.273 e. The molecule has 2 rings (SSSR count). The molecule has 0 saturated heterocycles. The van der Waals surface area contributed by atoms with Crippen LogP contribution in [0, 0.1) is 5.92 Å². The standard InChI is InChI=1S/C9H13N3O2/c10-5-8(6-1-2-6)11-9(13)7-3-4-14-12-7/h3-4,6,8H,1-2,5,10H2,(H,11,13). The second-order valence-electron chi connectivity index (χ2n) is 3.54.